The SMILES string of the molecule is NC(=O)[C@@H](C1CCNCC1)[C@@H](Cc1cccc(O)c1)C(=O)N[C@H]1c2ccccc2C[C@H]1O. The van der Waals surface area contributed by atoms with Gasteiger partial charge in [0.2, 0.25) is 11.8 Å². The van der Waals surface area contributed by atoms with Crippen LogP contribution in [0.2, 0.25) is 0 Å². The zero-order valence-electron chi connectivity index (χ0n) is 18.0. The molecular formula is C25H31N3O4. The van der Waals surface area contributed by atoms with E-state index >= 15 is 0 Å². The Kier molecular flexibility index (Phi) is 6.77. The van der Waals surface area contributed by atoms with Crippen LogP contribution in [0, 0.1) is 17.8 Å². The minimum absolute atomic E-state index is 0.00240. The van der Waals surface area contributed by atoms with Crippen molar-refractivity contribution in [1.29, 1.82) is 0 Å². The van der Waals surface area contributed by atoms with E-state index in [9.17, 15) is 19.8 Å². The van der Waals surface area contributed by atoms with E-state index in [2.05, 4.69) is 10.6 Å². The first-order valence-corrected chi connectivity index (χ1v) is 11.3. The first-order valence-electron chi connectivity index (χ1n) is 11.3. The highest BCUT2D eigenvalue weighted by Gasteiger charge is 2.41. The first kappa shape index (κ1) is 22.3. The molecule has 0 unspecified atom stereocenters. The molecule has 1 saturated heterocycles. The van der Waals surface area contributed by atoms with Crippen LogP contribution in [0.4, 0.5) is 0 Å². The smallest absolute Gasteiger partial charge is 0.224 e. The Bertz CT molecular complexity index is 973. The summed E-state index contributed by atoms with van der Waals surface area (Å²) in [6, 6.07) is 13.9. The Labute approximate surface area is 188 Å². The van der Waals surface area contributed by atoms with Crippen LogP contribution in [0.1, 0.15) is 35.6 Å². The van der Waals surface area contributed by atoms with Gasteiger partial charge in [0.1, 0.15) is 5.75 Å². The van der Waals surface area contributed by atoms with Gasteiger partial charge in [0.25, 0.3) is 0 Å². The van der Waals surface area contributed by atoms with Crippen molar-refractivity contribution < 1.29 is 19.8 Å². The lowest BCUT2D eigenvalue weighted by Gasteiger charge is -2.34. The number of carbonyl (C=O) groups excluding carboxylic acids is 2. The summed E-state index contributed by atoms with van der Waals surface area (Å²) in [6.07, 6.45) is 1.58. The second-order valence-electron chi connectivity index (χ2n) is 8.95. The van der Waals surface area contributed by atoms with Crippen LogP contribution in [0.3, 0.4) is 0 Å². The summed E-state index contributed by atoms with van der Waals surface area (Å²) in [4.78, 5) is 26.2. The van der Waals surface area contributed by atoms with Crippen LogP contribution in [-0.2, 0) is 22.4 Å². The number of aromatic hydroxyl groups is 1. The average Bonchev–Trinajstić information content (AvgIpc) is 3.09. The van der Waals surface area contributed by atoms with Crippen molar-refractivity contribution in [3.8, 4) is 5.75 Å². The number of aliphatic hydroxyl groups excluding tert-OH is 1. The van der Waals surface area contributed by atoms with Gasteiger partial charge >= 0.3 is 0 Å². The molecule has 1 fully saturated rings. The molecule has 4 rings (SSSR count). The number of rotatable bonds is 7. The second kappa shape index (κ2) is 9.71. The maximum absolute atomic E-state index is 13.6. The number of carbonyl (C=O) groups is 2. The predicted octanol–water partition coefficient (Wildman–Crippen LogP) is 1.43. The van der Waals surface area contributed by atoms with Crippen LogP contribution >= 0.6 is 0 Å². The maximum atomic E-state index is 13.6. The molecule has 0 bridgehead atoms. The van der Waals surface area contributed by atoms with Gasteiger partial charge in [-0.1, -0.05) is 36.4 Å². The second-order valence-corrected chi connectivity index (χ2v) is 8.95. The number of primary amides is 1. The van der Waals surface area contributed by atoms with Gasteiger partial charge in [0, 0.05) is 6.42 Å². The number of amides is 2. The normalized spacial score (nSPS) is 22.7. The summed E-state index contributed by atoms with van der Waals surface area (Å²) >= 11 is 0. The molecule has 32 heavy (non-hydrogen) atoms. The van der Waals surface area contributed by atoms with E-state index in [0.29, 0.717) is 6.42 Å². The quantitative estimate of drug-likeness (QED) is 0.448. The molecule has 7 nitrogen and oxygen atoms in total. The maximum Gasteiger partial charge on any atom is 0.224 e. The molecule has 0 aromatic heterocycles. The van der Waals surface area contributed by atoms with E-state index in [1.54, 1.807) is 18.2 Å². The molecule has 1 aliphatic heterocycles. The molecular weight excluding hydrogens is 406 g/mol. The molecule has 4 atom stereocenters. The number of piperidine rings is 1. The summed E-state index contributed by atoms with van der Waals surface area (Å²) in [5.74, 6) is -1.99. The van der Waals surface area contributed by atoms with E-state index in [1.807, 2.05) is 30.3 Å². The van der Waals surface area contributed by atoms with Gasteiger partial charge in [-0.15, -0.1) is 0 Å². The minimum atomic E-state index is -0.719. The van der Waals surface area contributed by atoms with Crippen molar-refractivity contribution in [1.82, 2.24) is 10.6 Å². The lowest BCUT2D eigenvalue weighted by molar-refractivity contribution is -0.136. The molecule has 7 heteroatoms. The summed E-state index contributed by atoms with van der Waals surface area (Å²) < 4.78 is 0. The van der Waals surface area contributed by atoms with Gasteiger partial charge in [0.15, 0.2) is 0 Å². The van der Waals surface area contributed by atoms with Gasteiger partial charge in [-0.3, -0.25) is 9.59 Å². The zero-order chi connectivity index (χ0) is 22.7. The molecule has 2 aliphatic rings. The lowest BCUT2D eigenvalue weighted by Crippen LogP contribution is -2.48. The summed E-state index contributed by atoms with van der Waals surface area (Å²) in [5.41, 5.74) is 8.54. The Balaban J connectivity index is 1.63. The van der Waals surface area contributed by atoms with Gasteiger partial charge in [0.05, 0.1) is 24.0 Å². The van der Waals surface area contributed by atoms with E-state index < -0.39 is 29.9 Å². The summed E-state index contributed by atoms with van der Waals surface area (Å²) in [6.45, 7) is 1.56. The molecule has 0 saturated carbocycles. The molecule has 1 aliphatic carbocycles. The van der Waals surface area contributed by atoms with Crippen LogP contribution in [-0.4, -0.2) is 41.2 Å². The monoisotopic (exact) mass is 437 g/mol. The van der Waals surface area contributed by atoms with E-state index in [0.717, 1.165) is 42.6 Å². The Morgan fingerprint density at radius 2 is 1.88 bits per heavy atom. The summed E-state index contributed by atoms with van der Waals surface area (Å²) in [5, 5.41) is 26.8. The third-order valence-electron chi connectivity index (χ3n) is 6.86. The fourth-order valence-electron chi connectivity index (χ4n) is 5.29. The van der Waals surface area contributed by atoms with Crippen LogP contribution < -0.4 is 16.4 Å². The molecule has 6 N–H and O–H groups in total. The van der Waals surface area contributed by atoms with Crippen molar-refractivity contribution >= 4 is 11.8 Å². The zero-order valence-corrected chi connectivity index (χ0v) is 18.0. The molecule has 170 valence electrons. The topological polar surface area (TPSA) is 125 Å². The standard InChI is InChI=1S/C25H31N3O4/c26-24(31)22(16-8-10-27-11-9-16)20(13-15-4-3-6-18(29)12-15)25(32)28-23-19-7-2-1-5-17(19)14-21(23)30/h1-7,12,16,20-23,27,29-30H,8-11,13-14H2,(H2,26,31)(H,28,32)/t20-,21-,22+,23+/m1/s1. The highest BCUT2D eigenvalue weighted by molar-refractivity contribution is 5.87. The van der Waals surface area contributed by atoms with Gasteiger partial charge in [-0.25, -0.2) is 0 Å². The molecule has 0 radical (unpaired) electrons. The number of fused-ring (bicyclic) bond motifs is 1. The fourth-order valence-corrected chi connectivity index (χ4v) is 5.29. The van der Waals surface area contributed by atoms with Gasteiger partial charge in [-0.2, -0.15) is 0 Å². The molecule has 0 spiro atoms. The predicted molar refractivity (Wildman–Crippen MR) is 121 cm³/mol. The largest absolute Gasteiger partial charge is 0.508 e. The molecule has 2 aromatic carbocycles. The number of aliphatic hydroxyl groups is 1. The highest BCUT2D eigenvalue weighted by Crippen LogP contribution is 2.35. The number of nitrogens with two attached hydrogens (primary N) is 1. The Morgan fingerprint density at radius 1 is 1.12 bits per heavy atom. The van der Waals surface area contributed by atoms with Gasteiger partial charge < -0.3 is 26.6 Å². The Morgan fingerprint density at radius 3 is 2.59 bits per heavy atom. The lowest BCUT2D eigenvalue weighted by atomic mass is 9.73. The Hall–Kier alpha value is -2.90. The fraction of sp³-hybridized carbons (Fsp3) is 0.440. The number of phenols is 1. The van der Waals surface area contributed by atoms with Gasteiger partial charge in [-0.05, 0) is 67.1 Å². The number of phenolic OH excluding ortho intramolecular Hbond substituents is 1. The van der Waals surface area contributed by atoms with Crippen molar-refractivity contribution in [2.75, 3.05) is 13.1 Å². The minimum Gasteiger partial charge on any atom is -0.508 e. The van der Waals surface area contributed by atoms with Crippen molar-refractivity contribution in [3.63, 3.8) is 0 Å². The highest BCUT2D eigenvalue weighted by atomic mass is 16.3. The van der Waals surface area contributed by atoms with E-state index in [-0.39, 0.29) is 24.0 Å². The third-order valence-corrected chi connectivity index (χ3v) is 6.86. The average molecular weight is 438 g/mol. The molecule has 2 amide bonds. The van der Waals surface area contributed by atoms with Crippen LogP contribution in [0.15, 0.2) is 48.5 Å². The van der Waals surface area contributed by atoms with Crippen molar-refractivity contribution in [2.24, 2.45) is 23.5 Å². The number of hydrogen-bond donors (Lipinski definition) is 5. The number of benzene rings is 2. The van der Waals surface area contributed by atoms with Crippen molar-refractivity contribution in [3.05, 3.63) is 65.2 Å². The summed E-state index contributed by atoms with van der Waals surface area (Å²) in [7, 11) is 0. The first-order chi connectivity index (χ1) is 15.4. The molecule has 2 aromatic rings. The van der Waals surface area contributed by atoms with Crippen LogP contribution in [0.5, 0.6) is 5.75 Å². The number of hydrogen-bond acceptors (Lipinski definition) is 5. The molecule has 1 heterocycles. The van der Waals surface area contributed by atoms with E-state index in [1.165, 1.54) is 0 Å². The third kappa shape index (κ3) is 4.79. The van der Waals surface area contributed by atoms with E-state index in [4.69, 9.17) is 5.73 Å². The van der Waals surface area contributed by atoms with Crippen molar-refractivity contribution in [2.45, 2.75) is 37.8 Å². The van der Waals surface area contributed by atoms with Crippen LogP contribution in [0.25, 0.3) is 0 Å². The number of nitrogens with one attached hydrogen (secondary N) is 2.